The molecule has 0 aromatic carbocycles. The molecule has 1 fully saturated rings. The number of carbonyl (C=O) groups excluding carboxylic acids is 1. The zero-order chi connectivity index (χ0) is 14.7. The van der Waals surface area contributed by atoms with Crippen LogP contribution in [-0.2, 0) is 9.53 Å². The molecule has 0 aliphatic carbocycles. The van der Waals surface area contributed by atoms with E-state index >= 15 is 0 Å². The maximum Gasteiger partial charge on any atom is 0.244 e. The van der Waals surface area contributed by atoms with Crippen molar-refractivity contribution in [2.75, 3.05) is 50.7 Å². The summed E-state index contributed by atoms with van der Waals surface area (Å²) in [4.78, 5) is 27.9. The molecule has 1 saturated heterocycles. The van der Waals surface area contributed by atoms with Crippen molar-refractivity contribution in [3.63, 3.8) is 0 Å². The van der Waals surface area contributed by atoms with Gasteiger partial charge in [-0.25, -0.2) is 0 Å². The van der Waals surface area contributed by atoms with E-state index in [9.17, 15) is 4.79 Å². The quantitative estimate of drug-likeness (QED) is 0.809. The number of halogens is 1. The Morgan fingerprint density at radius 2 is 2.20 bits per heavy atom. The second-order valence-corrected chi connectivity index (χ2v) is 4.84. The smallest absolute Gasteiger partial charge is 0.244 e. The van der Waals surface area contributed by atoms with E-state index in [2.05, 4.69) is 20.3 Å². The highest BCUT2D eigenvalue weighted by molar-refractivity contribution is 6.28. The molecular weight excluding hydrogens is 284 g/mol. The summed E-state index contributed by atoms with van der Waals surface area (Å²) in [5.74, 6) is 0.681. The van der Waals surface area contributed by atoms with E-state index in [1.54, 1.807) is 16.8 Å². The topological polar surface area (TPSA) is 83.5 Å². The lowest BCUT2D eigenvalue weighted by Gasteiger charge is -2.34. The van der Waals surface area contributed by atoms with Gasteiger partial charge < -0.3 is 19.9 Å². The van der Waals surface area contributed by atoms with Gasteiger partial charge in [-0.2, -0.15) is 15.0 Å². The van der Waals surface area contributed by atoms with Gasteiger partial charge in [-0.1, -0.05) is 0 Å². The average Bonchev–Trinajstić information content (AvgIpc) is 2.45. The lowest BCUT2D eigenvalue weighted by molar-refractivity contribution is -0.124. The van der Waals surface area contributed by atoms with Crippen molar-refractivity contribution >= 4 is 29.4 Å². The van der Waals surface area contributed by atoms with Crippen LogP contribution in [0.1, 0.15) is 0 Å². The molecule has 20 heavy (non-hydrogen) atoms. The molecule has 1 N–H and O–H groups in total. The zero-order valence-electron chi connectivity index (χ0n) is 11.6. The number of amides is 1. The van der Waals surface area contributed by atoms with E-state index in [1.807, 2.05) is 14.1 Å². The lowest BCUT2D eigenvalue weighted by atomic mass is 10.2. The largest absolute Gasteiger partial charge is 0.377 e. The number of anilines is 2. The van der Waals surface area contributed by atoms with E-state index in [1.165, 1.54) is 0 Å². The van der Waals surface area contributed by atoms with Gasteiger partial charge in [-0.3, -0.25) is 4.79 Å². The number of nitrogens with one attached hydrogen (secondary N) is 1. The monoisotopic (exact) mass is 300 g/mol. The van der Waals surface area contributed by atoms with Gasteiger partial charge in [0, 0.05) is 27.7 Å². The van der Waals surface area contributed by atoms with Crippen molar-refractivity contribution in [1.29, 1.82) is 0 Å². The molecule has 1 amide bonds. The third kappa shape index (κ3) is 3.07. The van der Waals surface area contributed by atoms with Gasteiger partial charge in [0.15, 0.2) is 0 Å². The molecule has 9 heteroatoms. The summed E-state index contributed by atoms with van der Waals surface area (Å²) in [6.07, 6.45) is 0. The highest BCUT2D eigenvalue weighted by Crippen LogP contribution is 2.19. The van der Waals surface area contributed by atoms with Gasteiger partial charge in [0.1, 0.15) is 6.04 Å². The molecule has 1 aromatic heterocycles. The predicted molar refractivity (Wildman–Crippen MR) is 75.2 cm³/mol. The van der Waals surface area contributed by atoms with Crippen LogP contribution in [0.3, 0.4) is 0 Å². The molecule has 1 aromatic rings. The van der Waals surface area contributed by atoms with Crippen LogP contribution in [0.25, 0.3) is 0 Å². The summed E-state index contributed by atoms with van der Waals surface area (Å²) in [6, 6.07) is -0.470. The Morgan fingerprint density at radius 3 is 2.85 bits per heavy atom. The van der Waals surface area contributed by atoms with Gasteiger partial charge >= 0.3 is 0 Å². The van der Waals surface area contributed by atoms with Crippen molar-refractivity contribution in [3.05, 3.63) is 5.28 Å². The van der Waals surface area contributed by atoms with Gasteiger partial charge in [0.05, 0.1) is 13.2 Å². The number of carbonyl (C=O) groups is 1. The molecule has 0 bridgehead atoms. The number of hydrogen-bond acceptors (Lipinski definition) is 7. The molecule has 1 atom stereocenters. The summed E-state index contributed by atoms with van der Waals surface area (Å²) in [6.45, 7) is 1.32. The minimum absolute atomic E-state index is 0.0980. The first-order chi connectivity index (χ1) is 9.52. The van der Waals surface area contributed by atoms with Crippen molar-refractivity contribution in [3.8, 4) is 0 Å². The molecular formula is C11H17ClN6O2. The number of morpholine rings is 1. The lowest BCUT2D eigenvalue weighted by Crippen LogP contribution is -2.54. The molecule has 0 spiro atoms. The van der Waals surface area contributed by atoms with Crippen LogP contribution in [0.4, 0.5) is 11.9 Å². The number of rotatable bonds is 3. The van der Waals surface area contributed by atoms with E-state index in [0.29, 0.717) is 31.7 Å². The van der Waals surface area contributed by atoms with Crippen LogP contribution in [0.2, 0.25) is 5.28 Å². The number of likely N-dealkylation sites (N-methyl/N-ethyl adjacent to an activating group) is 1. The van der Waals surface area contributed by atoms with Crippen molar-refractivity contribution in [1.82, 2.24) is 20.3 Å². The molecule has 1 aliphatic rings. The predicted octanol–water partition coefficient (Wildman–Crippen LogP) is -0.458. The Bertz CT molecular complexity index is 498. The second kappa shape index (κ2) is 6.19. The van der Waals surface area contributed by atoms with Gasteiger partial charge in [0.25, 0.3) is 0 Å². The Labute approximate surface area is 122 Å². The van der Waals surface area contributed by atoms with Crippen LogP contribution < -0.4 is 15.1 Å². The van der Waals surface area contributed by atoms with Gasteiger partial charge in [0.2, 0.25) is 23.1 Å². The van der Waals surface area contributed by atoms with Gasteiger partial charge in [-0.15, -0.1) is 0 Å². The van der Waals surface area contributed by atoms with Crippen LogP contribution >= 0.6 is 11.6 Å². The fourth-order valence-electron chi connectivity index (χ4n) is 1.88. The molecule has 2 rings (SSSR count). The fourth-order valence-corrected chi connectivity index (χ4v) is 2.04. The second-order valence-electron chi connectivity index (χ2n) is 4.50. The first kappa shape index (κ1) is 14.7. The summed E-state index contributed by atoms with van der Waals surface area (Å²) in [5.41, 5.74) is 0. The van der Waals surface area contributed by atoms with Gasteiger partial charge in [-0.05, 0) is 11.6 Å². The maximum atomic E-state index is 11.9. The Morgan fingerprint density at radius 1 is 1.45 bits per heavy atom. The van der Waals surface area contributed by atoms with Crippen LogP contribution in [-0.4, -0.2) is 67.8 Å². The molecule has 1 aliphatic heterocycles. The number of hydrogen-bond donors (Lipinski definition) is 1. The van der Waals surface area contributed by atoms with Crippen molar-refractivity contribution in [2.45, 2.75) is 6.04 Å². The van der Waals surface area contributed by atoms with E-state index < -0.39 is 6.04 Å². The summed E-state index contributed by atoms with van der Waals surface area (Å²) < 4.78 is 5.35. The summed E-state index contributed by atoms with van der Waals surface area (Å²) >= 11 is 5.93. The van der Waals surface area contributed by atoms with Crippen molar-refractivity contribution in [2.24, 2.45) is 0 Å². The number of ether oxygens (including phenoxy) is 1. The highest BCUT2D eigenvalue weighted by Gasteiger charge is 2.31. The molecule has 8 nitrogen and oxygen atoms in total. The molecule has 2 heterocycles. The molecule has 0 radical (unpaired) electrons. The van der Waals surface area contributed by atoms with E-state index in [4.69, 9.17) is 16.3 Å². The SMILES string of the molecule is CNC(=O)C1COCCN1c1nc(Cl)nc(N(C)C)n1. The summed E-state index contributed by atoms with van der Waals surface area (Å²) in [5, 5.41) is 2.71. The molecule has 0 saturated carbocycles. The minimum atomic E-state index is -0.470. The van der Waals surface area contributed by atoms with E-state index in [-0.39, 0.29) is 11.2 Å². The average molecular weight is 301 g/mol. The fraction of sp³-hybridized carbons (Fsp3) is 0.636. The van der Waals surface area contributed by atoms with Crippen molar-refractivity contribution < 1.29 is 9.53 Å². The normalized spacial score (nSPS) is 18.8. The van der Waals surface area contributed by atoms with Crippen LogP contribution in [0.15, 0.2) is 0 Å². The van der Waals surface area contributed by atoms with Crippen LogP contribution in [0, 0.1) is 0 Å². The maximum absolute atomic E-state index is 11.9. The Hall–Kier alpha value is -1.67. The number of aromatic nitrogens is 3. The van der Waals surface area contributed by atoms with Crippen LogP contribution in [0.5, 0.6) is 0 Å². The Kier molecular flexibility index (Phi) is 4.56. The first-order valence-corrected chi connectivity index (χ1v) is 6.55. The number of nitrogens with zero attached hydrogens (tertiary/aromatic N) is 5. The highest BCUT2D eigenvalue weighted by atomic mass is 35.5. The third-order valence-electron chi connectivity index (χ3n) is 2.92. The standard InChI is InChI=1S/C11H17ClN6O2/c1-13-8(19)7-6-20-5-4-18(7)11-15-9(12)14-10(16-11)17(2)3/h7H,4-6H2,1-3H3,(H,13,19). The minimum Gasteiger partial charge on any atom is -0.377 e. The zero-order valence-corrected chi connectivity index (χ0v) is 12.4. The first-order valence-electron chi connectivity index (χ1n) is 6.18. The third-order valence-corrected chi connectivity index (χ3v) is 3.09. The molecule has 110 valence electrons. The Balaban J connectivity index is 2.34. The molecule has 1 unspecified atom stereocenters. The summed E-state index contributed by atoms with van der Waals surface area (Å²) in [7, 11) is 5.21. The van der Waals surface area contributed by atoms with E-state index in [0.717, 1.165) is 0 Å².